The summed E-state index contributed by atoms with van der Waals surface area (Å²) in [7, 11) is 0. The van der Waals surface area contributed by atoms with E-state index in [4.69, 9.17) is 5.11 Å². The van der Waals surface area contributed by atoms with Crippen LogP contribution in [0.4, 0.5) is 0 Å². The molecule has 8 heteroatoms. The second-order valence-electron chi connectivity index (χ2n) is 8.09. The molecule has 8 nitrogen and oxygen atoms in total. The van der Waals surface area contributed by atoms with E-state index in [2.05, 4.69) is 4.98 Å². The standard InChI is InChI=1S/C25H23N3O5/c1-16(13-22(29)30)23(31)17-8-10-19(11-9-17)27-14-18(26-15-27)5-4-12-28-24(32)20-6-2-3-7-21(20)25(28)33/h2-3,6-11,14-16H,4-5,12-13H2,1H3,(H,29,30). The molecule has 0 aliphatic carbocycles. The first-order valence-corrected chi connectivity index (χ1v) is 10.7. The number of hydrogen-bond acceptors (Lipinski definition) is 5. The molecule has 168 valence electrons. The molecule has 0 spiro atoms. The van der Waals surface area contributed by atoms with Gasteiger partial charge in [-0.05, 0) is 49.2 Å². The lowest BCUT2D eigenvalue weighted by molar-refractivity contribution is -0.137. The van der Waals surface area contributed by atoms with Crippen molar-refractivity contribution in [2.75, 3.05) is 6.54 Å². The third-order valence-corrected chi connectivity index (χ3v) is 5.71. The van der Waals surface area contributed by atoms with Crippen molar-refractivity contribution in [3.63, 3.8) is 0 Å². The number of carbonyl (C=O) groups is 4. The number of aliphatic carboxylic acids is 1. The highest BCUT2D eigenvalue weighted by atomic mass is 16.4. The zero-order chi connectivity index (χ0) is 23.5. The molecule has 1 unspecified atom stereocenters. The van der Waals surface area contributed by atoms with E-state index in [9.17, 15) is 19.2 Å². The van der Waals surface area contributed by atoms with Crippen molar-refractivity contribution >= 4 is 23.6 Å². The van der Waals surface area contributed by atoms with E-state index >= 15 is 0 Å². The van der Waals surface area contributed by atoms with E-state index in [1.807, 2.05) is 10.8 Å². The summed E-state index contributed by atoms with van der Waals surface area (Å²) < 4.78 is 1.83. The number of imidazole rings is 1. The van der Waals surface area contributed by atoms with Crippen molar-refractivity contribution in [2.45, 2.75) is 26.2 Å². The zero-order valence-electron chi connectivity index (χ0n) is 18.1. The van der Waals surface area contributed by atoms with Gasteiger partial charge in [0.2, 0.25) is 0 Å². The molecule has 0 saturated heterocycles. The summed E-state index contributed by atoms with van der Waals surface area (Å²) in [4.78, 5) is 53.7. The van der Waals surface area contributed by atoms with Gasteiger partial charge in [0.15, 0.2) is 5.78 Å². The second kappa shape index (κ2) is 9.20. The first-order valence-electron chi connectivity index (χ1n) is 10.7. The van der Waals surface area contributed by atoms with Crippen LogP contribution >= 0.6 is 0 Å². The summed E-state index contributed by atoms with van der Waals surface area (Å²) in [5, 5.41) is 8.87. The van der Waals surface area contributed by atoms with Crippen LogP contribution in [-0.4, -0.2) is 49.7 Å². The molecule has 1 aliphatic rings. The molecule has 1 aromatic heterocycles. The minimum Gasteiger partial charge on any atom is -0.481 e. The van der Waals surface area contributed by atoms with Gasteiger partial charge in [-0.1, -0.05) is 19.1 Å². The Labute approximate surface area is 190 Å². The van der Waals surface area contributed by atoms with Crippen molar-refractivity contribution < 1.29 is 24.3 Å². The number of amides is 2. The Hall–Kier alpha value is -4.07. The van der Waals surface area contributed by atoms with Gasteiger partial charge in [0, 0.05) is 29.9 Å². The molecule has 1 N–H and O–H groups in total. The van der Waals surface area contributed by atoms with Gasteiger partial charge in [-0.3, -0.25) is 24.1 Å². The lowest BCUT2D eigenvalue weighted by Gasteiger charge is -2.12. The van der Waals surface area contributed by atoms with E-state index in [1.165, 1.54) is 4.90 Å². The fourth-order valence-corrected chi connectivity index (χ4v) is 3.93. The van der Waals surface area contributed by atoms with E-state index in [0.29, 0.717) is 36.1 Å². The third-order valence-electron chi connectivity index (χ3n) is 5.71. The minimum absolute atomic E-state index is 0.202. The van der Waals surface area contributed by atoms with Crippen LogP contribution in [0, 0.1) is 5.92 Å². The molecule has 2 amide bonds. The summed E-state index contributed by atoms with van der Waals surface area (Å²) in [6.07, 6.45) is 4.53. The van der Waals surface area contributed by atoms with Gasteiger partial charge >= 0.3 is 5.97 Å². The summed E-state index contributed by atoms with van der Waals surface area (Å²) in [6, 6.07) is 13.8. The van der Waals surface area contributed by atoms with E-state index in [0.717, 1.165) is 11.4 Å². The number of ketones is 1. The Kier molecular flexibility index (Phi) is 6.17. The lowest BCUT2D eigenvalue weighted by Crippen LogP contribution is -2.30. The maximum absolute atomic E-state index is 12.4. The fourth-order valence-electron chi connectivity index (χ4n) is 3.93. The van der Waals surface area contributed by atoms with Crippen molar-refractivity contribution in [3.05, 3.63) is 83.4 Å². The van der Waals surface area contributed by atoms with E-state index in [1.54, 1.807) is 61.8 Å². The van der Waals surface area contributed by atoms with Crippen LogP contribution in [0.25, 0.3) is 5.69 Å². The Morgan fingerprint density at radius 3 is 2.24 bits per heavy atom. The van der Waals surface area contributed by atoms with Crippen LogP contribution in [0.15, 0.2) is 61.1 Å². The topological polar surface area (TPSA) is 110 Å². The number of fused-ring (bicyclic) bond motifs is 1. The van der Waals surface area contributed by atoms with Gasteiger partial charge in [-0.25, -0.2) is 4.98 Å². The first-order chi connectivity index (χ1) is 15.8. The number of hydrogen-bond donors (Lipinski definition) is 1. The molecule has 2 heterocycles. The number of Topliss-reactive ketones (excluding diaryl/α,β-unsaturated/α-hetero) is 1. The van der Waals surface area contributed by atoms with Crippen LogP contribution in [0.5, 0.6) is 0 Å². The molecular formula is C25H23N3O5. The maximum Gasteiger partial charge on any atom is 0.304 e. The maximum atomic E-state index is 12.4. The summed E-state index contributed by atoms with van der Waals surface area (Å²) in [5.74, 6) is -2.30. The average molecular weight is 445 g/mol. The number of carbonyl (C=O) groups excluding carboxylic acids is 3. The number of carboxylic acid groups (broad SMARTS) is 1. The normalized spacial score (nSPS) is 13.8. The number of imide groups is 1. The molecule has 0 saturated carbocycles. The molecule has 1 aliphatic heterocycles. The minimum atomic E-state index is -0.999. The molecule has 3 aromatic rings. The van der Waals surface area contributed by atoms with Crippen LogP contribution in [0.1, 0.15) is 56.5 Å². The molecule has 33 heavy (non-hydrogen) atoms. The molecule has 0 bridgehead atoms. The van der Waals surface area contributed by atoms with Crippen molar-refractivity contribution in [1.29, 1.82) is 0 Å². The van der Waals surface area contributed by atoms with Crippen LogP contribution < -0.4 is 0 Å². The average Bonchev–Trinajstić information content (AvgIpc) is 3.37. The van der Waals surface area contributed by atoms with Gasteiger partial charge in [0.1, 0.15) is 0 Å². The predicted octanol–water partition coefficient (Wildman–Crippen LogP) is 3.39. The van der Waals surface area contributed by atoms with Crippen molar-refractivity contribution in [2.24, 2.45) is 5.92 Å². The quantitative estimate of drug-likeness (QED) is 0.399. The van der Waals surface area contributed by atoms with E-state index in [-0.39, 0.29) is 24.0 Å². The molecule has 1 atom stereocenters. The van der Waals surface area contributed by atoms with E-state index < -0.39 is 11.9 Å². The van der Waals surface area contributed by atoms with Crippen LogP contribution in [0.3, 0.4) is 0 Å². The smallest absolute Gasteiger partial charge is 0.304 e. The van der Waals surface area contributed by atoms with Crippen molar-refractivity contribution in [1.82, 2.24) is 14.5 Å². The Morgan fingerprint density at radius 2 is 1.64 bits per heavy atom. The highest BCUT2D eigenvalue weighted by Gasteiger charge is 2.34. The number of rotatable bonds is 9. The monoisotopic (exact) mass is 445 g/mol. The highest BCUT2D eigenvalue weighted by Crippen LogP contribution is 2.23. The zero-order valence-corrected chi connectivity index (χ0v) is 18.1. The first kappa shape index (κ1) is 22.1. The molecule has 2 aromatic carbocycles. The molecule has 0 fully saturated rings. The lowest BCUT2D eigenvalue weighted by atomic mass is 9.96. The number of carboxylic acids is 1. The molecule has 0 radical (unpaired) electrons. The van der Waals surface area contributed by atoms with Crippen LogP contribution in [0.2, 0.25) is 0 Å². The van der Waals surface area contributed by atoms with Crippen LogP contribution in [-0.2, 0) is 11.2 Å². The summed E-state index contributed by atoms with van der Waals surface area (Å²) in [5.41, 5.74) is 3.00. The highest BCUT2D eigenvalue weighted by molar-refractivity contribution is 6.21. The van der Waals surface area contributed by atoms with Gasteiger partial charge in [-0.15, -0.1) is 0 Å². The van der Waals surface area contributed by atoms with Gasteiger partial charge in [0.05, 0.1) is 29.6 Å². The number of aromatic nitrogens is 2. The Balaban J connectivity index is 1.34. The molecule has 4 rings (SSSR count). The number of benzene rings is 2. The summed E-state index contributed by atoms with van der Waals surface area (Å²) >= 11 is 0. The molecular weight excluding hydrogens is 422 g/mol. The summed E-state index contributed by atoms with van der Waals surface area (Å²) in [6.45, 7) is 1.93. The SMILES string of the molecule is CC(CC(=O)O)C(=O)c1ccc(-n2cnc(CCCN3C(=O)c4ccccc4C3=O)c2)cc1. The largest absolute Gasteiger partial charge is 0.481 e. The van der Waals surface area contributed by atoms with Crippen molar-refractivity contribution in [3.8, 4) is 5.69 Å². The number of aryl methyl sites for hydroxylation is 1. The third kappa shape index (κ3) is 4.59. The fraction of sp³-hybridized carbons (Fsp3) is 0.240. The second-order valence-corrected chi connectivity index (χ2v) is 8.09. The Bertz CT molecular complexity index is 1190. The predicted molar refractivity (Wildman–Crippen MR) is 119 cm³/mol. The van der Waals surface area contributed by atoms with Gasteiger partial charge in [-0.2, -0.15) is 0 Å². The Morgan fingerprint density at radius 1 is 1.00 bits per heavy atom. The van der Waals surface area contributed by atoms with Gasteiger partial charge in [0.25, 0.3) is 11.8 Å². The number of nitrogens with zero attached hydrogens (tertiary/aromatic N) is 3. The van der Waals surface area contributed by atoms with Gasteiger partial charge < -0.3 is 9.67 Å².